The first-order valence-corrected chi connectivity index (χ1v) is 21.5. The Bertz CT molecular complexity index is 1740. The Labute approximate surface area is 334 Å². The molecule has 4 unspecified atom stereocenters. The third-order valence-corrected chi connectivity index (χ3v) is 9.52. The van der Waals surface area contributed by atoms with Crippen LogP contribution in [0.2, 0.25) is 0 Å². The topological polar surface area (TPSA) is 256 Å². The van der Waals surface area contributed by atoms with E-state index >= 15 is 0 Å². The van der Waals surface area contributed by atoms with Gasteiger partial charge in [0.25, 0.3) is 0 Å². The van der Waals surface area contributed by atoms with Gasteiger partial charge < -0.3 is 44.6 Å². The van der Waals surface area contributed by atoms with E-state index in [2.05, 4.69) is 82.5 Å². The monoisotopic (exact) mass is 838 g/mol. The van der Waals surface area contributed by atoms with Gasteiger partial charge in [-0.2, -0.15) is 0 Å². The first-order chi connectivity index (χ1) is 27.1. The highest BCUT2D eigenvalue weighted by atomic mass is 31.2. The van der Waals surface area contributed by atoms with Crippen LogP contribution in [0.1, 0.15) is 104 Å². The molecule has 0 aromatic rings. The molecule has 57 heavy (non-hydrogen) atoms. The summed E-state index contributed by atoms with van der Waals surface area (Å²) in [5, 5.41) is 40.9. The summed E-state index contributed by atoms with van der Waals surface area (Å²) in [7, 11) is -10.8. The molecule has 16 nitrogen and oxygen atoms in total. The maximum Gasteiger partial charge on any atom is 0.472 e. The number of ether oxygens (including phenoxy) is 2. The van der Waals surface area contributed by atoms with Crippen LogP contribution >= 0.6 is 15.6 Å². The van der Waals surface area contributed by atoms with E-state index in [9.17, 15) is 44.0 Å². The largest absolute Gasteiger partial charge is 0.472 e. The lowest BCUT2D eigenvalue weighted by molar-refractivity contribution is -0.216. The van der Waals surface area contributed by atoms with Crippen molar-refractivity contribution in [2.75, 3.05) is 13.2 Å². The molecule has 0 heterocycles. The van der Waals surface area contributed by atoms with Crippen molar-refractivity contribution >= 4 is 27.6 Å². The standard InChI is InChI=1S/C39H52O16P2/c1-3-5-7-9-11-13-15-16-18-20-22-24-26-28-33(41)53-31(29-51-32(40)27-25-23-21-19-17-14-12-10-8-6-4-2)30-52-57(49,50)55-39-36(44)34(42)35(43)38(37(39)45)54-56(46,47)48/h31,34-39,42-45H,3,5,7,9,11,13,15-16,18,20,22,24,26,28-30H2,1-2H3,(H,49,50)(H2,46,47,48)/t31-,34?,35-,36-,37?,38+,39?/m0/s1. The fourth-order valence-electron chi connectivity index (χ4n) is 5.20. The van der Waals surface area contributed by atoms with Gasteiger partial charge in [-0.3, -0.25) is 18.4 Å². The van der Waals surface area contributed by atoms with Gasteiger partial charge in [-0.1, -0.05) is 89.9 Å². The number of carbonyl (C=O) groups is 2. The highest BCUT2D eigenvalue weighted by Gasteiger charge is 2.54. The Morgan fingerprint density at radius 1 is 0.596 bits per heavy atom. The number of phosphoric ester groups is 2. The number of phosphoric acid groups is 2. The van der Waals surface area contributed by atoms with E-state index in [-0.39, 0.29) is 6.42 Å². The molecule has 1 rings (SSSR count). The number of esters is 2. The van der Waals surface area contributed by atoms with Crippen molar-refractivity contribution in [3.05, 3.63) is 0 Å². The fourth-order valence-corrected chi connectivity index (χ4v) is 6.74. The molecular weight excluding hydrogens is 786 g/mol. The lowest BCUT2D eigenvalue weighted by atomic mass is 9.85. The van der Waals surface area contributed by atoms with Crippen LogP contribution in [0.25, 0.3) is 0 Å². The van der Waals surface area contributed by atoms with Crippen molar-refractivity contribution in [1.82, 2.24) is 0 Å². The van der Waals surface area contributed by atoms with Crippen molar-refractivity contribution in [2.45, 2.75) is 146 Å². The van der Waals surface area contributed by atoms with Gasteiger partial charge in [0.1, 0.15) is 43.2 Å². The van der Waals surface area contributed by atoms with Crippen LogP contribution in [0.3, 0.4) is 0 Å². The Morgan fingerprint density at radius 2 is 1.05 bits per heavy atom. The summed E-state index contributed by atoms with van der Waals surface area (Å²) in [6, 6.07) is 0. The molecule has 0 saturated heterocycles. The van der Waals surface area contributed by atoms with E-state index in [0.29, 0.717) is 6.42 Å². The molecule has 314 valence electrons. The zero-order valence-electron chi connectivity index (χ0n) is 32.1. The molecule has 18 heteroatoms. The third-order valence-electron chi connectivity index (χ3n) is 8.02. The van der Waals surface area contributed by atoms with Crippen molar-refractivity contribution in [3.63, 3.8) is 0 Å². The Hall–Kier alpha value is -3.64. The second kappa shape index (κ2) is 29.6. The number of unbranched alkanes of at least 4 members (excludes halogenated alkanes) is 12. The molecule has 1 saturated carbocycles. The van der Waals surface area contributed by atoms with Crippen molar-refractivity contribution < 1.29 is 76.9 Å². The molecule has 0 aromatic carbocycles. The fraction of sp³-hybridized carbons (Fsp3) is 0.641. The zero-order valence-corrected chi connectivity index (χ0v) is 33.8. The number of carbonyl (C=O) groups excluding carboxylic acids is 2. The Balaban J connectivity index is 2.83. The number of rotatable bonds is 24. The number of hydrogen-bond acceptors (Lipinski definition) is 13. The first-order valence-electron chi connectivity index (χ1n) is 18.5. The first kappa shape index (κ1) is 51.4. The van der Waals surface area contributed by atoms with Gasteiger partial charge in [0, 0.05) is 12.3 Å². The minimum Gasteiger partial charge on any atom is -0.456 e. The maximum absolute atomic E-state index is 12.9. The summed E-state index contributed by atoms with van der Waals surface area (Å²) in [4.78, 5) is 53.5. The minimum atomic E-state index is -5.39. The highest BCUT2D eigenvalue weighted by molar-refractivity contribution is 7.47. The normalized spacial score (nSPS) is 21.2. The van der Waals surface area contributed by atoms with Gasteiger partial charge in [0.15, 0.2) is 6.10 Å². The predicted molar refractivity (Wildman–Crippen MR) is 205 cm³/mol. The molecule has 0 bridgehead atoms. The molecule has 0 spiro atoms. The van der Waals surface area contributed by atoms with Crippen LogP contribution in [0.5, 0.6) is 0 Å². The minimum absolute atomic E-state index is 0.0304. The van der Waals surface area contributed by atoms with Gasteiger partial charge >= 0.3 is 27.6 Å². The molecule has 1 fully saturated rings. The van der Waals surface area contributed by atoms with Crippen molar-refractivity contribution in [3.8, 4) is 71.0 Å². The second-order valence-corrected chi connectivity index (χ2v) is 15.3. The SMILES string of the molecule is CC#CC#CC#CC#CC#CC#CC(=O)OC[C@@H](COP(=O)(O)OC1C(O)[C@H](OP(=O)(O)O)[C@@H](O)C(O)[C@@H]1O)OC(=O)CCCCCCCCCCCCCCC. The van der Waals surface area contributed by atoms with Crippen molar-refractivity contribution in [2.24, 2.45) is 0 Å². The van der Waals surface area contributed by atoms with E-state index in [1.165, 1.54) is 44.9 Å². The molecule has 1 aliphatic rings. The average molecular weight is 839 g/mol. The van der Waals surface area contributed by atoms with E-state index in [4.69, 9.17) is 28.3 Å². The summed E-state index contributed by atoms with van der Waals surface area (Å²) in [6.07, 6.45) is -1.05. The summed E-state index contributed by atoms with van der Waals surface area (Å²) in [5.74, 6) is 26.6. The summed E-state index contributed by atoms with van der Waals surface area (Å²) >= 11 is 0. The molecule has 8 atom stereocenters. The van der Waals surface area contributed by atoms with E-state index in [0.717, 1.165) is 32.1 Å². The smallest absolute Gasteiger partial charge is 0.456 e. The molecule has 0 aromatic heterocycles. The van der Waals surface area contributed by atoms with E-state index in [1.54, 1.807) is 6.92 Å². The van der Waals surface area contributed by atoms with E-state index in [1.807, 2.05) is 0 Å². The Kier molecular flexibility index (Phi) is 26.6. The van der Waals surface area contributed by atoms with Gasteiger partial charge in [-0.15, -0.1) is 0 Å². The highest BCUT2D eigenvalue weighted by Crippen LogP contribution is 2.49. The van der Waals surface area contributed by atoms with Crippen LogP contribution in [0.4, 0.5) is 0 Å². The number of aliphatic hydroxyl groups is 4. The Morgan fingerprint density at radius 3 is 1.54 bits per heavy atom. The average Bonchev–Trinajstić information content (AvgIpc) is 3.16. The van der Waals surface area contributed by atoms with Crippen LogP contribution in [-0.2, 0) is 41.8 Å². The second-order valence-electron chi connectivity index (χ2n) is 12.7. The van der Waals surface area contributed by atoms with Gasteiger partial charge in [-0.25, -0.2) is 13.9 Å². The summed E-state index contributed by atoms with van der Waals surface area (Å²) in [5.41, 5.74) is 0. The van der Waals surface area contributed by atoms with Crippen LogP contribution in [0, 0.1) is 71.0 Å². The zero-order chi connectivity index (χ0) is 42.5. The molecule has 1 aliphatic carbocycles. The van der Waals surface area contributed by atoms with Gasteiger partial charge in [0.05, 0.1) is 6.61 Å². The van der Waals surface area contributed by atoms with Crippen LogP contribution < -0.4 is 0 Å². The summed E-state index contributed by atoms with van der Waals surface area (Å²) < 4.78 is 48.4. The molecule has 0 aliphatic heterocycles. The number of hydrogen-bond donors (Lipinski definition) is 7. The quantitative estimate of drug-likeness (QED) is 0.0242. The molecule has 7 N–H and O–H groups in total. The maximum atomic E-state index is 12.9. The van der Waals surface area contributed by atoms with E-state index < -0.39 is 83.5 Å². The predicted octanol–water partition coefficient (Wildman–Crippen LogP) is 2.40. The lowest BCUT2D eigenvalue weighted by Crippen LogP contribution is -2.64. The molecule has 0 radical (unpaired) electrons. The summed E-state index contributed by atoms with van der Waals surface area (Å²) in [6.45, 7) is 2.15. The van der Waals surface area contributed by atoms with Gasteiger partial charge in [-0.05, 0) is 72.5 Å². The molecule has 0 amide bonds. The lowest BCUT2D eigenvalue weighted by Gasteiger charge is -2.43. The van der Waals surface area contributed by atoms with Gasteiger partial charge in [0.2, 0.25) is 0 Å². The van der Waals surface area contributed by atoms with Crippen LogP contribution in [-0.4, -0.2) is 103 Å². The molecular formula is C39H52O16P2. The van der Waals surface area contributed by atoms with Crippen LogP contribution in [0.15, 0.2) is 0 Å². The van der Waals surface area contributed by atoms with Crippen molar-refractivity contribution in [1.29, 1.82) is 0 Å². The number of aliphatic hydroxyl groups excluding tert-OH is 4. The third kappa shape index (κ3) is 24.7.